The average Bonchev–Trinajstić information content (AvgIpc) is 3.16. The molecule has 5 aliphatic rings. The fourth-order valence-corrected chi connectivity index (χ4v) is 11.0. The molecular weight excluding hydrogens is 504 g/mol. The molecule has 12 atom stereocenters. The van der Waals surface area contributed by atoms with Crippen molar-refractivity contribution in [1.29, 1.82) is 0 Å². The molecule has 1 amide bonds. The highest BCUT2D eigenvalue weighted by molar-refractivity contribution is 7.86. The predicted octanol–water partition coefficient (Wildman–Crippen LogP) is 3.06. The van der Waals surface area contributed by atoms with Gasteiger partial charge in [0.1, 0.15) is 6.23 Å². The number of aliphatic hydroxyl groups is 2. The highest BCUT2D eigenvalue weighted by Gasteiger charge is 2.72. The molecule has 2 heterocycles. The molecule has 5 fully saturated rings. The number of rotatable bonds is 2. The van der Waals surface area contributed by atoms with Crippen molar-refractivity contribution < 1.29 is 29.2 Å². The van der Waals surface area contributed by atoms with Crippen LogP contribution in [-0.4, -0.2) is 60.5 Å². The molecule has 0 bridgehead atoms. The Bertz CT molecular complexity index is 1170. The first-order valence-electron chi connectivity index (χ1n) is 14.0. The zero-order chi connectivity index (χ0) is 27.2. The summed E-state index contributed by atoms with van der Waals surface area (Å²) in [5.74, 6) is -1.11. The third kappa shape index (κ3) is 3.40. The van der Waals surface area contributed by atoms with Gasteiger partial charge in [-0.1, -0.05) is 51.0 Å². The number of hydrogen-bond donors (Lipinski definition) is 4. The van der Waals surface area contributed by atoms with Crippen molar-refractivity contribution in [3.8, 4) is 0 Å². The van der Waals surface area contributed by atoms with Gasteiger partial charge < -0.3 is 25.5 Å². The van der Waals surface area contributed by atoms with Crippen LogP contribution in [0.3, 0.4) is 0 Å². The Balaban J connectivity index is 1.50. The van der Waals surface area contributed by atoms with E-state index in [1.54, 1.807) is 0 Å². The molecule has 8 nitrogen and oxygen atoms in total. The molecule has 2 aliphatic heterocycles. The Morgan fingerprint density at radius 1 is 1.11 bits per heavy atom. The first-order valence-corrected chi connectivity index (χ1v) is 15.2. The molecule has 38 heavy (non-hydrogen) atoms. The number of fused-ring (bicyclic) bond motifs is 3. The smallest absolute Gasteiger partial charge is 0.225 e. The Hall–Kier alpha value is -1.81. The lowest BCUT2D eigenvalue weighted by atomic mass is 9.42. The van der Waals surface area contributed by atoms with Crippen molar-refractivity contribution >= 4 is 22.4 Å². The third-order valence-electron chi connectivity index (χ3n) is 11.4. The van der Waals surface area contributed by atoms with Gasteiger partial charge in [-0.2, -0.15) is 0 Å². The minimum absolute atomic E-state index is 0.0215. The summed E-state index contributed by atoms with van der Waals surface area (Å²) in [5.41, 5.74) is -1.14. The molecule has 2 saturated heterocycles. The van der Waals surface area contributed by atoms with Crippen LogP contribution >= 0.6 is 0 Å². The minimum atomic E-state index is -1.48. The van der Waals surface area contributed by atoms with E-state index >= 15 is 0 Å². The lowest BCUT2D eigenvalue weighted by Gasteiger charge is -2.70. The zero-order valence-electron chi connectivity index (χ0n) is 22.5. The van der Waals surface area contributed by atoms with Crippen LogP contribution in [0.2, 0.25) is 0 Å². The van der Waals surface area contributed by atoms with Crippen LogP contribution in [0.4, 0.5) is 0 Å². The molecule has 1 aromatic carbocycles. The van der Waals surface area contributed by atoms with E-state index in [9.17, 15) is 24.4 Å². The van der Waals surface area contributed by atoms with Crippen molar-refractivity contribution in [3.63, 3.8) is 0 Å². The summed E-state index contributed by atoms with van der Waals surface area (Å²) >= 11 is 0. The van der Waals surface area contributed by atoms with Gasteiger partial charge in [0.15, 0.2) is 0 Å². The SMILES string of the molecule is CC1CCC2C(C)(C)C(=NO)C(S(=O)c3ccccc3)CC23OC2C(CC13C)C(O)CC1C(=O)NC(O)C12. The molecule has 1 aromatic rings. The summed E-state index contributed by atoms with van der Waals surface area (Å²) in [6.45, 7) is 8.65. The summed E-state index contributed by atoms with van der Waals surface area (Å²) < 4.78 is 21.5. The van der Waals surface area contributed by atoms with Crippen LogP contribution in [0.15, 0.2) is 40.4 Å². The molecule has 0 aromatic heterocycles. The molecule has 0 radical (unpaired) electrons. The molecule has 9 heteroatoms. The second-order valence-corrected chi connectivity index (χ2v) is 14.9. The number of nitrogens with one attached hydrogen (secondary N) is 1. The molecule has 3 aliphatic carbocycles. The summed E-state index contributed by atoms with van der Waals surface area (Å²) in [7, 11) is -1.48. The first-order chi connectivity index (χ1) is 18.0. The summed E-state index contributed by atoms with van der Waals surface area (Å²) in [6.07, 6.45) is 1.06. The fraction of sp³-hybridized carbons (Fsp3) is 0.724. The normalized spacial score (nSPS) is 49.3. The lowest BCUT2D eigenvalue weighted by Crippen LogP contribution is -2.74. The Morgan fingerprint density at radius 3 is 2.50 bits per heavy atom. The summed E-state index contributed by atoms with van der Waals surface area (Å²) in [5, 5.41) is 38.4. The fourth-order valence-electron chi connectivity index (χ4n) is 9.30. The number of carbonyl (C=O) groups is 1. The van der Waals surface area contributed by atoms with Gasteiger partial charge in [-0.05, 0) is 61.5 Å². The maximum absolute atomic E-state index is 14.1. The predicted molar refractivity (Wildman–Crippen MR) is 142 cm³/mol. The van der Waals surface area contributed by atoms with Crippen molar-refractivity contribution in [2.45, 2.75) is 94.0 Å². The van der Waals surface area contributed by atoms with Crippen LogP contribution < -0.4 is 5.32 Å². The number of aliphatic hydroxyl groups excluding tert-OH is 2. The van der Waals surface area contributed by atoms with Crippen molar-refractivity contribution in [2.75, 3.05) is 0 Å². The minimum Gasteiger partial charge on any atom is -0.411 e. The lowest BCUT2D eigenvalue weighted by molar-refractivity contribution is -0.323. The monoisotopic (exact) mass is 544 g/mol. The van der Waals surface area contributed by atoms with Gasteiger partial charge in [0.05, 0.1) is 45.5 Å². The standard InChI is InChI=1S/C29H40N2O6S/c1-15-10-11-21-27(2,3)24(31-35)20(38(36)16-8-6-5-7-9-16)14-29(21)28(15,4)13-18-19(32)12-17-22(23(18)37-29)26(34)30-25(17)33/h5-9,15,17-23,26,32,34-35H,10-14H2,1-4H3,(H,30,33). The molecule has 3 saturated carbocycles. The van der Waals surface area contributed by atoms with Gasteiger partial charge in [0.25, 0.3) is 0 Å². The molecule has 208 valence electrons. The van der Waals surface area contributed by atoms with Crippen molar-refractivity contribution in [1.82, 2.24) is 5.32 Å². The quantitative estimate of drug-likeness (QED) is 0.335. The summed E-state index contributed by atoms with van der Waals surface area (Å²) in [6, 6.07) is 9.30. The van der Waals surface area contributed by atoms with Crippen LogP contribution in [0.25, 0.3) is 0 Å². The Labute approximate surface area is 226 Å². The molecule has 1 spiro atoms. The maximum Gasteiger partial charge on any atom is 0.225 e. The highest BCUT2D eigenvalue weighted by atomic mass is 32.2. The van der Waals surface area contributed by atoms with Crippen LogP contribution in [0.1, 0.15) is 59.8 Å². The molecule has 6 rings (SSSR count). The van der Waals surface area contributed by atoms with Gasteiger partial charge in [-0.25, -0.2) is 0 Å². The van der Waals surface area contributed by atoms with E-state index in [2.05, 4.69) is 38.2 Å². The molecule has 12 unspecified atom stereocenters. The molecular formula is C29H40N2O6S. The average molecular weight is 545 g/mol. The van der Waals surface area contributed by atoms with E-state index in [1.807, 2.05) is 30.3 Å². The number of nitrogens with zero attached hydrogens (tertiary/aromatic N) is 1. The topological polar surface area (TPSA) is 128 Å². The van der Waals surface area contributed by atoms with Crippen LogP contribution in [0.5, 0.6) is 0 Å². The van der Waals surface area contributed by atoms with Gasteiger partial charge >= 0.3 is 0 Å². The van der Waals surface area contributed by atoms with Gasteiger partial charge in [-0.3, -0.25) is 9.00 Å². The van der Waals surface area contributed by atoms with Crippen LogP contribution in [0, 0.1) is 40.4 Å². The van der Waals surface area contributed by atoms with E-state index < -0.39 is 57.3 Å². The second-order valence-electron chi connectivity index (χ2n) is 13.2. The number of hydrogen-bond acceptors (Lipinski definition) is 7. The Kier molecular flexibility index (Phi) is 6.15. The van der Waals surface area contributed by atoms with Crippen LogP contribution in [-0.2, 0) is 20.3 Å². The zero-order valence-corrected chi connectivity index (χ0v) is 23.4. The summed E-state index contributed by atoms with van der Waals surface area (Å²) in [4.78, 5) is 13.4. The second kappa shape index (κ2) is 8.85. The number of benzene rings is 1. The van der Waals surface area contributed by atoms with Gasteiger partial charge in [0.2, 0.25) is 5.91 Å². The van der Waals surface area contributed by atoms with Crippen molar-refractivity contribution in [2.24, 2.45) is 45.6 Å². The number of amides is 1. The van der Waals surface area contributed by atoms with Crippen molar-refractivity contribution in [3.05, 3.63) is 30.3 Å². The number of carbonyl (C=O) groups excluding carboxylic acids is 1. The number of ether oxygens (including phenoxy) is 1. The third-order valence-corrected chi connectivity index (χ3v) is 13.1. The molecule has 4 N–H and O–H groups in total. The maximum atomic E-state index is 14.1. The van der Waals surface area contributed by atoms with E-state index in [0.29, 0.717) is 29.9 Å². The Morgan fingerprint density at radius 2 is 1.82 bits per heavy atom. The highest BCUT2D eigenvalue weighted by Crippen LogP contribution is 2.68. The number of oxime groups is 1. The van der Waals surface area contributed by atoms with E-state index in [0.717, 1.165) is 12.8 Å². The van der Waals surface area contributed by atoms with Gasteiger partial charge in [0, 0.05) is 22.1 Å². The van der Waals surface area contributed by atoms with E-state index in [-0.39, 0.29) is 29.1 Å². The van der Waals surface area contributed by atoms with Gasteiger partial charge in [-0.15, -0.1) is 0 Å². The van der Waals surface area contributed by atoms with E-state index in [4.69, 9.17) is 4.74 Å². The largest absolute Gasteiger partial charge is 0.411 e. The van der Waals surface area contributed by atoms with E-state index in [1.165, 1.54) is 0 Å². The first kappa shape index (κ1) is 26.4.